The molecule has 3 atom stereocenters. The molecule has 2 amide bonds. The van der Waals surface area contributed by atoms with Crippen molar-refractivity contribution in [3.63, 3.8) is 0 Å². The van der Waals surface area contributed by atoms with Crippen LogP contribution < -0.4 is 4.90 Å². The van der Waals surface area contributed by atoms with Crippen LogP contribution in [0.25, 0.3) is 0 Å². The molecule has 1 aromatic rings. The molecule has 0 saturated carbocycles. The maximum atomic E-state index is 15.2. The number of carbonyl (C=O) groups excluding carboxylic acids is 3. The number of esters is 1. The van der Waals surface area contributed by atoms with E-state index in [4.69, 9.17) is 18.9 Å². The number of cyclic esters (lactones) is 1. The number of carbonyl (C=O) groups is 3. The Morgan fingerprint density at radius 2 is 1.94 bits per heavy atom. The number of rotatable bonds is 5. The van der Waals surface area contributed by atoms with Crippen LogP contribution in [0.4, 0.5) is 19.3 Å². The fourth-order valence-corrected chi connectivity index (χ4v) is 4.21. The van der Waals surface area contributed by atoms with Gasteiger partial charge in [-0.05, 0) is 32.4 Å². The van der Waals surface area contributed by atoms with Gasteiger partial charge in [-0.1, -0.05) is 12.2 Å². The fourth-order valence-electron chi connectivity index (χ4n) is 4.21. The molecule has 0 spiro atoms. The summed E-state index contributed by atoms with van der Waals surface area (Å²) < 4.78 is 51.5. The highest BCUT2D eigenvalue weighted by atomic mass is 19.1. The lowest BCUT2D eigenvalue weighted by molar-refractivity contribution is -0.161. The first kappa shape index (κ1) is 24.1. The molecule has 1 unspecified atom stereocenters. The van der Waals surface area contributed by atoms with Crippen LogP contribution in [0, 0.1) is 11.6 Å². The molecule has 2 saturated heterocycles. The minimum Gasteiger partial charge on any atom is -0.462 e. The van der Waals surface area contributed by atoms with Crippen LogP contribution in [-0.2, 0) is 28.5 Å². The Bertz CT molecular complexity index is 1010. The highest BCUT2D eigenvalue weighted by Gasteiger charge is 2.42. The predicted octanol–water partition coefficient (Wildman–Crippen LogP) is 2.83. The number of hydrogen-bond acceptors (Lipinski definition) is 7. The zero-order valence-corrected chi connectivity index (χ0v) is 19.1. The van der Waals surface area contributed by atoms with Crippen molar-refractivity contribution in [2.24, 2.45) is 0 Å². The Morgan fingerprint density at radius 1 is 1.24 bits per heavy atom. The van der Waals surface area contributed by atoms with Gasteiger partial charge in [0, 0.05) is 13.5 Å². The second-order valence-corrected chi connectivity index (χ2v) is 8.75. The number of hydrogen-bond donors (Lipinski definition) is 0. The number of halogens is 2. The normalized spacial score (nSPS) is 26.0. The first-order chi connectivity index (χ1) is 16.1. The van der Waals surface area contributed by atoms with E-state index in [1.54, 1.807) is 26.0 Å². The second-order valence-electron chi connectivity index (χ2n) is 8.75. The highest BCUT2D eigenvalue weighted by molar-refractivity contribution is 5.90. The monoisotopic (exact) mass is 480 g/mol. The quantitative estimate of drug-likeness (QED) is 0.473. The Balaban J connectivity index is 1.55. The highest BCUT2D eigenvalue weighted by Crippen LogP contribution is 2.35. The van der Waals surface area contributed by atoms with Crippen LogP contribution in [-0.4, -0.2) is 67.2 Å². The van der Waals surface area contributed by atoms with E-state index in [-0.39, 0.29) is 37.6 Å². The van der Waals surface area contributed by atoms with Gasteiger partial charge in [-0.2, -0.15) is 0 Å². The van der Waals surface area contributed by atoms with E-state index in [1.807, 2.05) is 0 Å². The van der Waals surface area contributed by atoms with Gasteiger partial charge < -0.3 is 23.8 Å². The Kier molecular flexibility index (Phi) is 6.59. The summed E-state index contributed by atoms with van der Waals surface area (Å²) in [7, 11) is 0. The largest absolute Gasteiger partial charge is 0.462 e. The van der Waals surface area contributed by atoms with Crippen molar-refractivity contribution < 1.29 is 42.1 Å². The van der Waals surface area contributed by atoms with Crippen LogP contribution in [0.5, 0.6) is 0 Å². The van der Waals surface area contributed by atoms with Crippen molar-refractivity contribution in [1.82, 2.24) is 4.90 Å². The van der Waals surface area contributed by atoms with Crippen LogP contribution in [0.15, 0.2) is 24.3 Å². The molecule has 0 radical (unpaired) electrons. The van der Waals surface area contributed by atoms with Crippen LogP contribution in [0.2, 0.25) is 0 Å². The van der Waals surface area contributed by atoms with Gasteiger partial charge in [0.1, 0.15) is 18.2 Å². The average Bonchev–Trinajstić information content (AvgIpc) is 3.33. The van der Waals surface area contributed by atoms with E-state index in [0.717, 1.165) is 17.0 Å². The van der Waals surface area contributed by atoms with Crippen molar-refractivity contribution in [1.29, 1.82) is 0 Å². The lowest BCUT2D eigenvalue weighted by atomic mass is 9.98. The fraction of sp³-hybridized carbons (Fsp3) is 0.522. The molecule has 0 bridgehead atoms. The first-order valence-corrected chi connectivity index (χ1v) is 10.9. The molecule has 4 rings (SSSR count). The molecule has 34 heavy (non-hydrogen) atoms. The summed E-state index contributed by atoms with van der Waals surface area (Å²) in [5.74, 6) is -3.70. The summed E-state index contributed by atoms with van der Waals surface area (Å²) in [5, 5.41) is 0. The molecular formula is C23H26F2N2O7. The number of amides is 2. The first-order valence-electron chi connectivity index (χ1n) is 10.9. The molecule has 0 N–H and O–H groups in total. The van der Waals surface area contributed by atoms with Gasteiger partial charge in [0.05, 0.1) is 30.4 Å². The van der Waals surface area contributed by atoms with Crippen LogP contribution >= 0.6 is 0 Å². The molecule has 3 heterocycles. The van der Waals surface area contributed by atoms with Gasteiger partial charge in [0.25, 0.3) is 5.91 Å². The molecule has 3 aliphatic heterocycles. The molecule has 184 valence electrons. The lowest BCUT2D eigenvalue weighted by Crippen LogP contribution is -2.44. The standard InChI is InChI=1S/C23H26F2N2O7/c1-13(28)31-11-15-10-27(22(30)33-15)14-8-16(24)20(17(25)9-14)18-6-4-5-7-26(18)21(29)19-12-32-23(2,3)34-19/h4,6,8-9,15,18-19H,5,7,10-12H2,1-3H3/t15-,18?,19+/m1/s1. The maximum absolute atomic E-state index is 15.2. The van der Waals surface area contributed by atoms with E-state index in [1.165, 1.54) is 11.8 Å². The molecule has 1 aromatic carbocycles. The van der Waals surface area contributed by atoms with E-state index in [9.17, 15) is 14.4 Å². The third kappa shape index (κ3) is 4.90. The number of anilines is 1. The Hall–Kier alpha value is -3.05. The van der Waals surface area contributed by atoms with Gasteiger partial charge in [0.2, 0.25) is 0 Å². The zero-order chi connectivity index (χ0) is 24.6. The van der Waals surface area contributed by atoms with Gasteiger partial charge >= 0.3 is 12.1 Å². The topological polar surface area (TPSA) is 94.6 Å². The van der Waals surface area contributed by atoms with Gasteiger partial charge in [0.15, 0.2) is 18.0 Å². The summed E-state index contributed by atoms with van der Waals surface area (Å²) in [5.41, 5.74) is -0.351. The molecule has 0 aromatic heterocycles. The van der Waals surface area contributed by atoms with Crippen molar-refractivity contribution >= 4 is 23.7 Å². The van der Waals surface area contributed by atoms with Crippen molar-refractivity contribution in [2.45, 2.75) is 51.2 Å². The van der Waals surface area contributed by atoms with Gasteiger partial charge in [-0.25, -0.2) is 13.6 Å². The molecule has 0 aliphatic carbocycles. The van der Waals surface area contributed by atoms with Crippen molar-refractivity contribution in [2.75, 3.05) is 31.2 Å². The second kappa shape index (κ2) is 9.30. The number of ether oxygens (including phenoxy) is 4. The zero-order valence-electron chi connectivity index (χ0n) is 19.1. The summed E-state index contributed by atoms with van der Waals surface area (Å²) in [6.07, 6.45) is 1.43. The van der Waals surface area contributed by atoms with E-state index < -0.39 is 53.6 Å². The van der Waals surface area contributed by atoms with Gasteiger partial charge in [-0.3, -0.25) is 14.5 Å². The SMILES string of the molecule is CC(=O)OC[C@H]1CN(c2cc(F)c(C3C=CCCN3C(=O)[C@@H]3COC(C)(C)O3)c(F)c2)C(=O)O1. The smallest absolute Gasteiger partial charge is 0.414 e. The summed E-state index contributed by atoms with van der Waals surface area (Å²) in [6, 6.07) is 1.07. The summed E-state index contributed by atoms with van der Waals surface area (Å²) in [6.45, 7) is 4.71. The van der Waals surface area contributed by atoms with E-state index >= 15 is 8.78 Å². The minimum absolute atomic E-state index is 0.0346. The summed E-state index contributed by atoms with van der Waals surface area (Å²) >= 11 is 0. The number of benzene rings is 1. The van der Waals surface area contributed by atoms with Gasteiger partial charge in [-0.15, -0.1) is 0 Å². The Labute approximate surface area is 195 Å². The molecule has 2 fully saturated rings. The summed E-state index contributed by atoms with van der Waals surface area (Å²) in [4.78, 5) is 38.7. The van der Waals surface area contributed by atoms with Crippen molar-refractivity contribution in [3.05, 3.63) is 41.5 Å². The van der Waals surface area contributed by atoms with Crippen LogP contribution in [0.1, 0.15) is 38.8 Å². The number of nitrogens with zero attached hydrogens (tertiary/aromatic N) is 2. The van der Waals surface area contributed by atoms with E-state index in [2.05, 4.69) is 0 Å². The molecule has 3 aliphatic rings. The minimum atomic E-state index is -0.982. The third-order valence-corrected chi connectivity index (χ3v) is 5.78. The molecular weight excluding hydrogens is 454 g/mol. The van der Waals surface area contributed by atoms with E-state index in [0.29, 0.717) is 6.42 Å². The molecule has 9 nitrogen and oxygen atoms in total. The lowest BCUT2D eigenvalue weighted by Gasteiger charge is -2.34. The maximum Gasteiger partial charge on any atom is 0.414 e. The average molecular weight is 480 g/mol. The predicted molar refractivity (Wildman–Crippen MR) is 114 cm³/mol. The Morgan fingerprint density at radius 3 is 2.56 bits per heavy atom. The molecule has 11 heteroatoms. The van der Waals surface area contributed by atoms with Crippen LogP contribution in [0.3, 0.4) is 0 Å². The van der Waals surface area contributed by atoms with Crippen molar-refractivity contribution in [3.8, 4) is 0 Å². The third-order valence-electron chi connectivity index (χ3n) is 5.78.